The molecule has 0 unspecified atom stereocenters. The van der Waals surface area contributed by atoms with Crippen LogP contribution in [0.25, 0.3) is 6.08 Å². The number of carbonyl (C=O) groups excluding carboxylic acids is 1. The van der Waals surface area contributed by atoms with E-state index in [1.165, 1.54) is 19.3 Å². The molecule has 21 heavy (non-hydrogen) atoms. The SMILES string of the molecule is COc1ccc(/C=C/C(=O)Nc2ccccc2Cl)cc1O. The molecule has 1 amide bonds. The van der Waals surface area contributed by atoms with Gasteiger partial charge in [0.2, 0.25) is 5.91 Å². The number of ether oxygens (including phenoxy) is 1. The second kappa shape index (κ2) is 6.81. The van der Waals surface area contributed by atoms with Gasteiger partial charge in [0.1, 0.15) is 0 Å². The number of carbonyl (C=O) groups is 1. The molecule has 2 aromatic carbocycles. The minimum Gasteiger partial charge on any atom is -0.504 e. The fourth-order valence-electron chi connectivity index (χ4n) is 1.72. The first-order chi connectivity index (χ1) is 10.1. The lowest BCUT2D eigenvalue weighted by Gasteiger charge is -2.04. The molecule has 2 aromatic rings. The highest BCUT2D eigenvalue weighted by Gasteiger charge is 2.03. The number of rotatable bonds is 4. The largest absolute Gasteiger partial charge is 0.504 e. The number of amides is 1. The van der Waals surface area contributed by atoms with Crippen molar-refractivity contribution in [2.45, 2.75) is 0 Å². The van der Waals surface area contributed by atoms with Crippen LogP contribution in [0.4, 0.5) is 5.69 Å². The fraction of sp³-hybridized carbons (Fsp3) is 0.0625. The summed E-state index contributed by atoms with van der Waals surface area (Å²) in [7, 11) is 1.47. The number of hydrogen-bond acceptors (Lipinski definition) is 3. The molecule has 5 heteroatoms. The van der Waals surface area contributed by atoms with Crippen LogP contribution in [0.5, 0.6) is 11.5 Å². The molecule has 0 heterocycles. The van der Waals surface area contributed by atoms with E-state index in [9.17, 15) is 9.90 Å². The summed E-state index contributed by atoms with van der Waals surface area (Å²) in [6.45, 7) is 0. The summed E-state index contributed by atoms with van der Waals surface area (Å²) in [6, 6.07) is 11.9. The Hall–Kier alpha value is -2.46. The molecule has 108 valence electrons. The van der Waals surface area contributed by atoms with Gasteiger partial charge in [-0.1, -0.05) is 29.8 Å². The molecule has 0 aliphatic carbocycles. The van der Waals surface area contributed by atoms with Crippen LogP contribution < -0.4 is 10.1 Å². The molecule has 0 aliphatic rings. The standard InChI is InChI=1S/C16H14ClNO3/c1-21-15-8-6-11(10-14(15)19)7-9-16(20)18-13-5-3-2-4-12(13)17/h2-10,19H,1H3,(H,18,20)/b9-7+. The molecule has 0 radical (unpaired) electrons. The van der Waals surface area contributed by atoms with E-state index >= 15 is 0 Å². The minimum atomic E-state index is -0.307. The van der Waals surface area contributed by atoms with Crippen LogP contribution in [-0.4, -0.2) is 18.1 Å². The molecular formula is C16H14ClNO3. The second-order valence-corrected chi connectivity index (χ2v) is 4.64. The summed E-state index contributed by atoms with van der Waals surface area (Å²) in [6.07, 6.45) is 2.95. The van der Waals surface area contributed by atoms with E-state index in [2.05, 4.69) is 5.32 Å². The summed E-state index contributed by atoms with van der Waals surface area (Å²) in [5.41, 5.74) is 1.23. The van der Waals surface area contributed by atoms with E-state index in [1.807, 2.05) is 0 Å². The maximum absolute atomic E-state index is 11.8. The van der Waals surface area contributed by atoms with Crippen LogP contribution in [-0.2, 0) is 4.79 Å². The lowest BCUT2D eigenvalue weighted by molar-refractivity contribution is -0.111. The number of anilines is 1. The molecule has 0 fully saturated rings. The first-order valence-corrected chi connectivity index (χ1v) is 6.58. The Bertz CT molecular complexity index is 683. The molecule has 0 saturated carbocycles. The first-order valence-electron chi connectivity index (χ1n) is 6.21. The highest BCUT2D eigenvalue weighted by molar-refractivity contribution is 6.33. The number of hydrogen-bond donors (Lipinski definition) is 2. The Balaban J connectivity index is 2.05. The van der Waals surface area contributed by atoms with Gasteiger partial charge in [-0.3, -0.25) is 4.79 Å². The van der Waals surface area contributed by atoms with Crippen molar-refractivity contribution in [1.82, 2.24) is 0 Å². The maximum Gasteiger partial charge on any atom is 0.248 e. The highest BCUT2D eigenvalue weighted by Crippen LogP contribution is 2.26. The Morgan fingerprint density at radius 2 is 2.05 bits per heavy atom. The van der Waals surface area contributed by atoms with Crippen molar-refractivity contribution in [1.29, 1.82) is 0 Å². The molecular weight excluding hydrogens is 290 g/mol. The summed E-state index contributed by atoms with van der Waals surface area (Å²) in [4.78, 5) is 11.8. The molecule has 0 aromatic heterocycles. The Morgan fingerprint density at radius 3 is 2.71 bits per heavy atom. The third kappa shape index (κ3) is 4.00. The average molecular weight is 304 g/mol. The second-order valence-electron chi connectivity index (χ2n) is 4.23. The van der Waals surface area contributed by atoms with Gasteiger partial charge in [-0.2, -0.15) is 0 Å². The van der Waals surface area contributed by atoms with Crippen molar-refractivity contribution < 1.29 is 14.6 Å². The monoisotopic (exact) mass is 303 g/mol. The smallest absolute Gasteiger partial charge is 0.248 e. The van der Waals surface area contributed by atoms with Gasteiger partial charge in [-0.15, -0.1) is 0 Å². The number of methoxy groups -OCH3 is 1. The van der Waals surface area contributed by atoms with Gasteiger partial charge in [0.05, 0.1) is 17.8 Å². The van der Waals surface area contributed by atoms with Crippen molar-refractivity contribution in [2.24, 2.45) is 0 Å². The molecule has 4 nitrogen and oxygen atoms in total. The molecule has 0 atom stereocenters. The Kier molecular flexibility index (Phi) is 4.85. The van der Waals surface area contributed by atoms with Gasteiger partial charge in [-0.05, 0) is 35.9 Å². The van der Waals surface area contributed by atoms with E-state index < -0.39 is 0 Å². The maximum atomic E-state index is 11.8. The van der Waals surface area contributed by atoms with Gasteiger partial charge in [0.15, 0.2) is 11.5 Å². The fourth-order valence-corrected chi connectivity index (χ4v) is 1.90. The number of para-hydroxylation sites is 1. The topological polar surface area (TPSA) is 58.6 Å². The third-order valence-electron chi connectivity index (χ3n) is 2.76. The molecule has 0 spiro atoms. The van der Waals surface area contributed by atoms with Gasteiger partial charge < -0.3 is 15.2 Å². The Morgan fingerprint density at radius 1 is 1.29 bits per heavy atom. The van der Waals surface area contributed by atoms with E-state index in [0.29, 0.717) is 22.0 Å². The zero-order chi connectivity index (χ0) is 15.2. The summed E-state index contributed by atoms with van der Waals surface area (Å²) >= 11 is 5.95. The predicted molar refractivity (Wildman–Crippen MR) is 83.8 cm³/mol. The van der Waals surface area contributed by atoms with Gasteiger partial charge >= 0.3 is 0 Å². The number of benzene rings is 2. The minimum absolute atomic E-state index is 0.0196. The molecule has 0 saturated heterocycles. The predicted octanol–water partition coefficient (Wildman–Crippen LogP) is 3.71. The molecule has 0 bridgehead atoms. The lowest BCUT2D eigenvalue weighted by Crippen LogP contribution is -2.07. The molecule has 2 rings (SSSR count). The van der Waals surface area contributed by atoms with Gasteiger partial charge in [-0.25, -0.2) is 0 Å². The summed E-state index contributed by atoms with van der Waals surface area (Å²) < 4.78 is 4.95. The third-order valence-corrected chi connectivity index (χ3v) is 3.09. The van der Waals surface area contributed by atoms with Gasteiger partial charge in [0.25, 0.3) is 0 Å². The molecule has 0 aliphatic heterocycles. The van der Waals surface area contributed by atoms with E-state index in [-0.39, 0.29) is 11.7 Å². The van der Waals surface area contributed by atoms with Crippen molar-refractivity contribution in [3.63, 3.8) is 0 Å². The van der Waals surface area contributed by atoms with Crippen LogP contribution in [0.3, 0.4) is 0 Å². The van der Waals surface area contributed by atoms with E-state index in [1.54, 1.807) is 42.5 Å². The van der Waals surface area contributed by atoms with E-state index in [4.69, 9.17) is 16.3 Å². The number of phenolic OH excluding ortho intramolecular Hbond substituents is 1. The normalized spacial score (nSPS) is 10.6. The number of halogens is 1. The Labute approximate surface area is 127 Å². The first kappa shape index (κ1) is 14.9. The van der Waals surface area contributed by atoms with Crippen LogP contribution in [0.1, 0.15) is 5.56 Å². The summed E-state index contributed by atoms with van der Waals surface area (Å²) in [5, 5.41) is 12.8. The van der Waals surface area contributed by atoms with Crippen LogP contribution in [0, 0.1) is 0 Å². The van der Waals surface area contributed by atoms with Gasteiger partial charge in [0, 0.05) is 6.08 Å². The van der Waals surface area contributed by atoms with E-state index in [0.717, 1.165) is 0 Å². The quantitative estimate of drug-likeness (QED) is 0.847. The zero-order valence-electron chi connectivity index (χ0n) is 11.3. The lowest BCUT2D eigenvalue weighted by atomic mass is 10.2. The van der Waals surface area contributed by atoms with Crippen LogP contribution >= 0.6 is 11.6 Å². The zero-order valence-corrected chi connectivity index (χ0v) is 12.1. The number of phenols is 1. The van der Waals surface area contributed by atoms with Crippen molar-refractivity contribution >= 4 is 29.3 Å². The molecule has 2 N–H and O–H groups in total. The van der Waals surface area contributed by atoms with Crippen LogP contribution in [0.15, 0.2) is 48.5 Å². The van der Waals surface area contributed by atoms with Crippen LogP contribution in [0.2, 0.25) is 5.02 Å². The average Bonchev–Trinajstić information content (AvgIpc) is 2.48. The van der Waals surface area contributed by atoms with Crippen molar-refractivity contribution in [3.05, 3.63) is 59.1 Å². The summed E-state index contributed by atoms with van der Waals surface area (Å²) in [5.74, 6) is 0.0947. The number of aromatic hydroxyl groups is 1. The van der Waals surface area contributed by atoms with Crippen molar-refractivity contribution in [3.8, 4) is 11.5 Å². The number of nitrogens with one attached hydrogen (secondary N) is 1. The van der Waals surface area contributed by atoms with Crippen molar-refractivity contribution in [2.75, 3.05) is 12.4 Å². The highest BCUT2D eigenvalue weighted by atomic mass is 35.5.